The predicted octanol–water partition coefficient (Wildman–Crippen LogP) is 1.28. The highest BCUT2D eigenvalue weighted by Crippen LogP contribution is 2.46. The van der Waals surface area contributed by atoms with Crippen LogP contribution in [0.1, 0.15) is 17.3 Å². The topological polar surface area (TPSA) is 99.7 Å². The Balaban J connectivity index is 2.18. The van der Waals surface area contributed by atoms with E-state index in [9.17, 15) is 9.18 Å². The standard InChI is InChI=1S/C13H13FN6O/c1-20-11(10-6-16-7-17-10)13(12(15)21,18-19-20)8-2-4-9(14)5-3-8/h2-7,11H,1H3,(H2,15,21)(H,16,17). The minimum atomic E-state index is -1.42. The van der Waals surface area contributed by atoms with Crippen molar-refractivity contribution in [3.8, 4) is 0 Å². The lowest BCUT2D eigenvalue weighted by molar-refractivity contribution is -0.124. The maximum atomic E-state index is 13.1. The summed E-state index contributed by atoms with van der Waals surface area (Å²) in [6.45, 7) is 0. The summed E-state index contributed by atoms with van der Waals surface area (Å²) in [4.78, 5) is 19.1. The Bertz CT molecular complexity index is 683. The molecule has 0 saturated carbocycles. The van der Waals surface area contributed by atoms with Gasteiger partial charge in [-0.15, -0.1) is 5.11 Å². The van der Waals surface area contributed by atoms with Gasteiger partial charge >= 0.3 is 0 Å². The van der Waals surface area contributed by atoms with Gasteiger partial charge in [-0.3, -0.25) is 9.80 Å². The van der Waals surface area contributed by atoms with Crippen molar-refractivity contribution in [1.82, 2.24) is 15.0 Å². The Kier molecular flexibility index (Phi) is 2.93. The molecule has 21 heavy (non-hydrogen) atoms. The smallest absolute Gasteiger partial charge is 0.254 e. The lowest BCUT2D eigenvalue weighted by atomic mass is 9.81. The number of amides is 1. The van der Waals surface area contributed by atoms with Crippen LogP contribution in [0.25, 0.3) is 0 Å². The molecule has 3 N–H and O–H groups in total. The van der Waals surface area contributed by atoms with Gasteiger partial charge in [0.05, 0.1) is 18.2 Å². The fourth-order valence-electron chi connectivity index (χ4n) is 2.61. The first-order valence-electron chi connectivity index (χ1n) is 6.25. The molecule has 1 aliphatic rings. The van der Waals surface area contributed by atoms with Gasteiger partial charge in [0.25, 0.3) is 5.91 Å². The van der Waals surface area contributed by atoms with E-state index in [1.807, 2.05) is 0 Å². The van der Waals surface area contributed by atoms with Gasteiger partial charge in [-0.25, -0.2) is 9.37 Å². The number of carbonyl (C=O) groups excluding carboxylic acids is 1. The molecule has 7 nitrogen and oxygen atoms in total. The summed E-state index contributed by atoms with van der Waals surface area (Å²) in [6, 6.07) is 4.93. The van der Waals surface area contributed by atoms with Crippen molar-refractivity contribution in [2.45, 2.75) is 11.6 Å². The molecule has 108 valence electrons. The SMILES string of the molecule is CN1N=NC(C(N)=O)(c2ccc(F)cc2)C1c1cnc[nH]1. The van der Waals surface area contributed by atoms with E-state index in [1.165, 1.54) is 35.6 Å². The molecule has 2 atom stereocenters. The zero-order valence-electron chi connectivity index (χ0n) is 11.2. The summed E-state index contributed by atoms with van der Waals surface area (Å²) in [5.41, 5.74) is 5.31. The van der Waals surface area contributed by atoms with Gasteiger partial charge in [0.1, 0.15) is 11.9 Å². The number of nitrogens with one attached hydrogen (secondary N) is 1. The number of aromatic nitrogens is 2. The molecule has 0 saturated heterocycles. The van der Waals surface area contributed by atoms with Gasteiger partial charge in [-0.2, -0.15) is 0 Å². The van der Waals surface area contributed by atoms with Crippen LogP contribution < -0.4 is 5.73 Å². The second-order valence-electron chi connectivity index (χ2n) is 4.81. The molecule has 1 aliphatic heterocycles. The first kappa shape index (κ1) is 13.2. The zero-order valence-corrected chi connectivity index (χ0v) is 11.2. The van der Waals surface area contributed by atoms with E-state index in [0.717, 1.165) is 0 Å². The molecule has 1 amide bonds. The van der Waals surface area contributed by atoms with E-state index in [-0.39, 0.29) is 0 Å². The molecule has 2 aromatic rings. The van der Waals surface area contributed by atoms with E-state index in [0.29, 0.717) is 11.3 Å². The number of benzene rings is 1. The summed E-state index contributed by atoms with van der Waals surface area (Å²) in [5, 5.41) is 9.58. The Morgan fingerprint density at radius 3 is 2.71 bits per heavy atom. The fourth-order valence-corrected chi connectivity index (χ4v) is 2.61. The number of nitrogens with two attached hydrogens (primary N) is 1. The van der Waals surface area contributed by atoms with Gasteiger partial charge in [0, 0.05) is 7.05 Å². The first-order valence-corrected chi connectivity index (χ1v) is 6.25. The average molecular weight is 288 g/mol. The van der Waals surface area contributed by atoms with Crippen molar-refractivity contribution < 1.29 is 9.18 Å². The number of carbonyl (C=O) groups is 1. The normalized spacial score (nSPS) is 24.5. The number of nitrogens with zero attached hydrogens (tertiary/aromatic N) is 4. The van der Waals surface area contributed by atoms with Gasteiger partial charge in [0.15, 0.2) is 0 Å². The highest BCUT2D eigenvalue weighted by molar-refractivity contribution is 5.87. The van der Waals surface area contributed by atoms with Crippen LogP contribution in [0.2, 0.25) is 0 Å². The Morgan fingerprint density at radius 2 is 2.14 bits per heavy atom. The molecule has 0 radical (unpaired) electrons. The third-order valence-corrected chi connectivity index (χ3v) is 3.59. The monoisotopic (exact) mass is 288 g/mol. The van der Waals surface area contributed by atoms with Gasteiger partial charge in [-0.05, 0) is 17.7 Å². The Hall–Kier alpha value is -2.77. The number of H-pyrrole nitrogens is 1. The van der Waals surface area contributed by atoms with Gasteiger partial charge in [0.2, 0.25) is 5.54 Å². The summed E-state index contributed by atoms with van der Waals surface area (Å²) < 4.78 is 13.1. The molecule has 3 rings (SSSR count). The van der Waals surface area contributed by atoms with Crippen LogP contribution >= 0.6 is 0 Å². The summed E-state index contributed by atoms with van der Waals surface area (Å²) in [5.74, 6) is -1.07. The molecule has 8 heteroatoms. The Morgan fingerprint density at radius 1 is 1.43 bits per heavy atom. The largest absolute Gasteiger partial charge is 0.367 e. The molecule has 2 heterocycles. The zero-order chi connectivity index (χ0) is 15.0. The van der Waals surface area contributed by atoms with Crippen LogP contribution in [0.3, 0.4) is 0 Å². The Labute approximate surface area is 119 Å². The van der Waals surface area contributed by atoms with E-state index >= 15 is 0 Å². The summed E-state index contributed by atoms with van der Waals surface area (Å²) in [6.07, 6.45) is 3.08. The van der Waals surface area contributed by atoms with Crippen LogP contribution in [0, 0.1) is 5.82 Å². The first-order chi connectivity index (χ1) is 10.1. The number of hydrogen-bond acceptors (Lipinski definition) is 5. The van der Waals surface area contributed by atoms with Crippen molar-refractivity contribution in [3.05, 3.63) is 53.9 Å². The minimum absolute atomic E-state index is 0.403. The number of rotatable bonds is 3. The second-order valence-corrected chi connectivity index (χ2v) is 4.81. The molecule has 1 aromatic heterocycles. The highest BCUT2D eigenvalue weighted by atomic mass is 19.1. The molecule has 0 bridgehead atoms. The van der Waals surface area contributed by atoms with Gasteiger partial charge < -0.3 is 10.7 Å². The molecule has 0 fully saturated rings. The van der Waals surface area contributed by atoms with Crippen LogP contribution in [-0.4, -0.2) is 27.9 Å². The maximum Gasteiger partial charge on any atom is 0.254 e. The third kappa shape index (κ3) is 1.87. The van der Waals surface area contributed by atoms with E-state index in [1.54, 1.807) is 13.2 Å². The molecular formula is C13H13FN6O. The predicted molar refractivity (Wildman–Crippen MR) is 71.2 cm³/mol. The number of primary amides is 1. The van der Waals surface area contributed by atoms with Crippen LogP contribution in [0.15, 0.2) is 47.1 Å². The number of likely N-dealkylation sites (N-methyl/N-ethyl adjacent to an activating group) is 1. The van der Waals surface area contributed by atoms with Crippen LogP contribution in [0.5, 0.6) is 0 Å². The second kappa shape index (κ2) is 4.65. The van der Waals surface area contributed by atoms with E-state index in [2.05, 4.69) is 20.3 Å². The molecule has 2 unspecified atom stereocenters. The van der Waals surface area contributed by atoms with Crippen LogP contribution in [-0.2, 0) is 10.3 Å². The van der Waals surface area contributed by atoms with Crippen molar-refractivity contribution >= 4 is 5.91 Å². The maximum absolute atomic E-state index is 13.1. The van der Waals surface area contributed by atoms with E-state index < -0.39 is 23.3 Å². The highest BCUT2D eigenvalue weighted by Gasteiger charge is 2.54. The van der Waals surface area contributed by atoms with Crippen molar-refractivity contribution in [3.63, 3.8) is 0 Å². The van der Waals surface area contributed by atoms with Crippen molar-refractivity contribution in [1.29, 1.82) is 0 Å². The number of halogens is 1. The molecular weight excluding hydrogens is 275 g/mol. The summed E-state index contributed by atoms with van der Waals surface area (Å²) in [7, 11) is 1.68. The molecule has 0 aliphatic carbocycles. The number of hydrogen-bond donors (Lipinski definition) is 2. The van der Waals surface area contributed by atoms with Crippen molar-refractivity contribution in [2.24, 2.45) is 16.1 Å². The minimum Gasteiger partial charge on any atom is -0.367 e. The van der Waals surface area contributed by atoms with Gasteiger partial charge in [-0.1, -0.05) is 17.4 Å². The average Bonchev–Trinajstić information content (AvgIpc) is 3.07. The molecule has 1 aromatic carbocycles. The van der Waals surface area contributed by atoms with Crippen LogP contribution in [0.4, 0.5) is 4.39 Å². The third-order valence-electron chi connectivity index (χ3n) is 3.59. The quantitative estimate of drug-likeness (QED) is 0.889. The van der Waals surface area contributed by atoms with Crippen molar-refractivity contribution in [2.75, 3.05) is 7.05 Å². The fraction of sp³-hybridized carbons (Fsp3) is 0.231. The van der Waals surface area contributed by atoms with E-state index in [4.69, 9.17) is 5.73 Å². The molecule has 0 spiro atoms. The summed E-state index contributed by atoms with van der Waals surface area (Å²) >= 11 is 0. The lowest BCUT2D eigenvalue weighted by Crippen LogP contribution is -2.45. The number of imidazole rings is 1. The lowest BCUT2D eigenvalue weighted by Gasteiger charge is -2.30. The number of aromatic amines is 1.